The first-order valence-electron chi connectivity index (χ1n) is 6.74. The normalized spacial score (nSPS) is 11.1. The number of carbonyl (C=O) groups is 2. The molecular formula is C17H13F3O3. The number of hydrogen-bond donors (Lipinski definition) is 0. The smallest absolute Gasteiger partial charge is 0.416 e. The monoisotopic (exact) mass is 322 g/mol. The minimum absolute atomic E-state index is 0.00344. The largest absolute Gasteiger partial charge is 0.489 e. The molecule has 0 aromatic heterocycles. The van der Waals surface area contributed by atoms with Gasteiger partial charge in [0.15, 0.2) is 12.1 Å². The Morgan fingerprint density at radius 2 is 1.74 bits per heavy atom. The van der Waals surface area contributed by atoms with Crippen LogP contribution in [0.3, 0.4) is 0 Å². The highest BCUT2D eigenvalue weighted by atomic mass is 19.4. The Kier molecular flexibility index (Phi) is 5.16. The molecule has 2 aromatic rings. The third-order valence-electron chi connectivity index (χ3n) is 3.09. The van der Waals surface area contributed by atoms with Crippen molar-refractivity contribution in [2.24, 2.45) is 0 Å². The topological polar surface area (TPSA) is 43.4 Å². The van der Waals surface area contributed by atoms with Gasteiger partial charge in [0.05, 0.1) is 5.56 Å². The van der Waals surface area contributed by atoms with Gasteiger partial charge in [-0.15, -0.1) is 0 Å². The lowest BCUT2D eigenvalue weighted by atomic mass is 10.1. The van der Waals surface area contributed by atoms with Crippen LogP contribution in [-0.2, 0) is 28.8 Å². The van der Waals surface area contributed by atoms with Gasteiger partial charge in [-0.25, -0.2) is 0 Å². The Morgan fingerprint density at radius 1 is 1.04 bits per heavy atom. The predicted octanol–water partition coefficient (Wildman–Crippen LogP) is 3.59. The number of aldehydes is 1. The van der Waals surface area contributed by atoms with Gasteiger partial charge in [-0.3, -0.25) is 9.59 Å². The van der Waals surface area contributed by atoms with E-state index < -0.39 is 17.5 Å². The number of halogens is 3. The zero-order chi connectivity index (χ0) is 16.9. The van der Waals surface area contributed by atoms with Crippen LogP contribution in [0.1, 0.15) is 16.7 Å². The molecule has 0 N–H and O–H groups in total. The number of rotatable bonds is 6. The molecule has 0 heterocycles. The Labute approximate surface area is 130 Å². The zero-order valence-electron chi connectivity index (χ0n) is 12.0. The summed E-state index contributed by atoms with van der Waals surface area (Å²) < 4.78 is 43.3. The Bertz CT molecular complexity index is 691. The van der Waals surface area contributed by atoms with E-state index in [2.05, 4.69) is 0 Å². The first-order chi connectivity index (χ1) is 10.9. The summed E-state index contributed by atoms with van der Waals surface area (Å²) in [6.07, 6.45) is -4.11. The number of ether oxygens (including phenoxy) is 1. The molecule has 23 heavy (non-hydrogen) atoms. The standard InChI is InChI=1S/C17H13F3O3/c18-17(19,20)14-3-1-2-13(8-14)11-23-16-6-4-12(5-7-16)9-15(22)10-21/h1-8,10H,9,11H2. The molecule has 0 spiro atoms. The molecule has 2 rings (SSSR count). The van der Waals surface area contributed by atoms with Crippen LogP contribution in [0.5, 0.6) is 5.75 Å². The van der Waals surface area contributed by atoms with Gasteiger partial charge >= 0.3 is 6.18 Å². The number of ketones is 1. The van der Waals surface area contributed by atoms with Crippen molar-refractivity contribution in [2.75, 3.05) is 0 Å². The first-order valence-corrected chi connectivity index (χ1v) is 6.74. The fourth-order valence-electron chi connectivity index (χ4n) is 1.95. The number of Topliss-reactive ketones (excluding diaryl/α,β-unsaturated/α-hetero) is 1. The lowest BCUT2D eigenvalue weighted by Crippen LogP contribution is -2.06. The van der Waals surface area contributed by atoms with Crippen molar-refractivity contribution < 1.29 is 27.5 Å². The second-order valence-corrected chi connectivity index (χ2v) is 4.89. The Hall–Kier alpha value is -2.63. The van der Waals surface area contributed by atoms with Gasteiger partial charge < -0.3 is 4.74 Å². The molecule has 0 amide bonds. The maximum Gasteiger partial charge on any atom is 0.416 e. The van der Waals surface area contributed by atoms with E-state index >= 15 is 0 Å². The average Bonchev–Trinajstić information content (AvgIpc) is 2.53. The second-order valence-electron chi connectivity index (χ2n) is 4.89. The molecule has 0 radical (unpaired) electrons. The molecule has 0 atom stereocenters. The maximum atomic E-state index is 12.6. The summed E-state index contributed by atoms with van der Waals surface area (Å²) in [5, 5.41) is 0. The van der Waals surface area contributed by atoms with Crippen LogP contribution >= 0.6 is 0 Å². The van der Waals surface area contributed by atoms with Gasteiger partial charge in [0.1, 0.15) is 12.4 Å². The Balaban J connectivity index is 1.98. The highest BCUT2D eigenvalue weighted by Crippen LogP contribution is 2.29. The van der Waals surface area contributed by atoms with Gasteiger partial charge in [-0.05, 0) is 35.4 Å². The van der Waals surface area contributed by atoms with Gasteiger partial charge in [-0.2, -0.15) is 13.2 Å². The van der Waals surface area contributed by atoms with E-state index in [0.717, 1.165) is 12.1 Å². The van der Waals surface area contributed by atoms with E-state index in [1.807, 2.05) is 0 Å². The molecule has 0 aliphatic heterocycles. The number of hydrogen-bond acceptors (Lipinski definition) is 3. The minimum Gasteiger partial charge on any atom is -0.489 e. The SMILES string of the molecule is O=CC(=O)Cc1ccc(OCc2cccc(C(F)(F)F)c2)cc1. The molecule has 0 unspecified atom stereocenters. The molecule has 6 heteroatoms. The average molecular weight is 322 g/mol. The highest BCUT2D eigenvalue weighted by Gasteiger charge is 2.30. The van der Waals surface area contributed by atoms with Crippen molar-refractivity contribution in [3.63, 3.8) is 0 Å². The molecule has 0 saturated carbocycles. The third-order valence-corrected chi connectivity index (χ3v) is 3.09. The summed E-state index contributed by atoms with van der Waals surface area (Å²) in [5.41, 5.74) is 0.342. The molecule has 2 aromatic carbocycles. The Morgan fingerprint density at radius 3 is 2.35 bits per heavy atom. The molecular weight excluding hydrogens is 309 g/mol. The molecule has 0 aliphatic carbocycles. The van der Waals surface area contributed by atoms with Crippen LogP contribution in [0, 0.1) is 0 Å². The maximum absolute atomic E-state index is 12.6. The van der Waals surface area contributed by atoms with E-state index in [-0.39, 0.29) is 19.3 Å². The van der Waals surface area contributed by atoms with Gasteiger partial charge in [0.25, 0.3) is 0 Å². The summed E-state index contributed by atoms with van der Waals surface area (Å²) >= 11 is 0. The van der Waals surface area contributed by atoms with E-state index in [1.54, 1.807) is 30.3 Å². The van der Waals surface area contributed by atoms with Crippen molar-refractivity contribution in [3.8, 4) is 5.75 Å². The van der Waals surface area contributed by atoms with Crippen molar-refractivity contribution >= 4 is 12.1 Å². The third kappa shape index (κ3) is 4.95. The van der Waals surface area contributed by atoms with Crippen LogP contribution in [0.15, 0.2) is 48.5 Å². The quantitative estimate of drug-likeness (QED) is 0.603. The molecule has 0 bridgehead atoms. The van der Waals surface area contributed by atoms with Gasteiger partial charge in [-0.1, -0.05) is 24.3 Å². The van der Waals surface area contributed by atoms with Crippen molar-refractivity contribution in [3.05, 3.63) is 65.2 Å². The first kappa shape index (κ1) is 16.7. The van der Waals surface area contributed by atoms with E-state index in [0.29, 0.717) is 16.9 Å². The van der Waals surface area contributed by atoms with Gasteiger partial charge in [0, 0.05) is 6.42 Å². The van der Waals surface area contributed by atoms with E-state index in [9.17, 15) is 22.8 Å². The summed E-state index contributed by atoms with van der Waals surface area (Å²) in [5.74, 6) is -0.0626. The highest BCUT2D eigenvalue weighted by molar-refractivity contribution is 6.25. The molecule has 0 aliphatic rings. The second kappa shape index (κ2) is 7.09. The van der Waals surface area contributed by atoms with Crippen LogP contribution in [-0.4, -0.2) is 12.1 Å². The molecule has 0 fully saturated rings. The number of carbonyl (C=O) groups excluding carboxylic acids is 2. The van der Waals surface area contributed by atoms with Crippen LogP contribution in [0.2, 0.25) is 0 Å². The van der Waals surface area contributed by atoms with Crippen LogP contribution < -0.4 is 4.74 Å². The predicted molar refractivity (Wildman–Crippen MR) is 77.0 cm³/mol. The fourth-order valence-corrected chi connectivity index (χ4v) is 1.95. The van der Waals surface area contributed by atoms with E-state index in [1.165, 1.54) is 6.07 Å². The number of alkyl halides is 3. The summed E-state index contributed by atoms with van der Waals surface area (Å²) in [7, 11) is 0. The number of benzene rings is 2. The van der Waals surface area contributed by atoms with Crippen LogP contribution in [0.4, 0.5) is 13.2 Å². The summed E-state index contributed by atoms with van der Waals surface area (Å²) in [6.45, 7) is -0.00344. The molecule has 120 valence electrons. The van der Waals surface area contributed by atoms with Crippen molar-refractivity contribution in [1.29, 1.82) is 0 Å². The lowest BCUT2D eigenvalue weighted by Gasteiger charge is -2.10. The van der Waals surface area contributed by atoms with Crippen molar-refractivity contribution in [2.45, 2.75) is 19.2 Å². The van der Waals surface area contributed by atoms with Crippen molar-refractivity contribution in [1.82, 2.24) is 0 Å². The van der Waals surface area contributed by atoms with Crippen LogP contribution in [0.25, 0.3) is 0 Å². The van der Waals surface area contributed by atoms with E-state index in [4.69, 9.17) is 4.74 Å². The zero-order valence-corrected chi connectivity index (χ0v) is 12.0. The molecule has 0 saturated heterocycles. The molecule has 3 nitrogen and oxygen atoms in total. The lowest BCUT2D eigenvalue weighted by molar-refractivity contribution is -0.137. The summed E-state index contributed by atoms with van der Waals surface area (Å²) in [4.78, 5) is 21.3. The van der Waals surface area contributed by atoms with Gasteiger partial charge in [0.2, 0.25) is 0 Å². The minimum atomic E-state index is -4.39. The summed E-state index contributed by atoms with van der Waals surface area (Å²) in [6, 6.07) is 11.4. The fraction of sp³-hybridized carbons (Fsp3) is 0.176.